The summed E-state index contributed by atoms with van der Waals surface area (Å²) >= 11 is 1.67. The van der Waals surface area contributed by atoms with Gasteiger partial charge >= 0.3 is 0 Å². The fourth-order valence-corrected chi connectivity index (χ4v) is 2.99. The SMILES string of the molecule is CC[C@@H](N)C(=O)N(Cc1cccs1)CC1CCCO1. The van der Waals surface area contributed by atoms with Gasteiger partial charge in [0.1, 0.15) is 0 Å². The highest BCUT2D eigenvalue weighted by molar-refractivity contribution is 7.09. The molecule has 0 bridgehead atoms. The Morgan fingerprint density at radius 3 is 3.11 bits per heavy atom. The number of hydrogen-bond donors (Lipinski definition) is 1. The third kappa shape index (κ3) is 4.03. The van der Waals surface area contributed by atoms with Crippen LogP contribution in [-0.2, 0) is 16.1 Å². The van der Waals surface area contributed by atoms with Gasteiger partial charge in [-0.05, 0) is 30.7 Å². The maximum Gasteiger partial charge on any atom is 0.239 e. The third-order valence-corrected chi connectivity index (χ3v) is 4.30. The predicted octanol–water partition coefficient (Wildman–Crippen LogP) is 1.99. The standard InChI is InChI=1S/C14H22N2O2S/c1-2-13(15)14(17)16(9-11-5-3-7-18-11)10-12-6-4-8-19-12/h4,6,8,11,13H,2-3,5,7,9-10,15H2,1H3/t11?,13-/m1/s1. The summed E-state index contributed by atoms with van der Waals surface area (Å²) < 4.78 is 5.63. The van der Waals surface area contributed by atoms with Crippen molar-refractivity contribution in [3.8, 4) is 0 Å². The first kappa shape index (κ1) is 14.5. The third-order valence-electron chi connectivity index (χ3n) is 3.44. The molecule has 1 aliphatic heterocycles. The molecular formula is C14H22N2O2S. The smallest absolute Gasteiger partial charge is 0.239 e. The first-order valence-electron chi connectivity index (χ1n) is 6.89. The fraction of sp³-hybridized carbons (Fsp3) is 0.643. The van der Waals surface area contributed by atoms with Gasteiger partial charge in [-0.2, -0.15) is 0 Å². The predicted molar refractivity (Wildman–Crippen MR) is 77.0 cm³/mol. The summed E-state index contributed by atoms with van der Waals surface area (Å²) in [4.78, 5) is 15.4. The molecule has 1 unspecified atom stereocenters. The van der Waals surface area contributed by atoms with E-state index in [2.05, 4.69) is 6.07 Å². The topological polar surface area (TPSA) is 55.6 Å². The second kappa shape index (κ2) is 7.03. The Bertz CT molecular complexity index is 388. The van der Waals surface area contributed by atoms with Gasteiger partial charge in [-0.15, -0.1) is 11.3 Å². The Hall–Kier alpha value is -0.910. The molecule has 0 aliphatic carbocycles. The number of thiophene rings is 1. The number of hydrogen-bond acceptors (Lipinski definition) is 4. The summed E-state index contributed by atoms with van der Waals surface area (Å²) in [7, 11) is 0. The van der Waals surface area contributed by atoms with E-state index in [9.17, 15) is 4.79 Å². The van der Waals surface area contributed by atoms with Crippen molar-refractivity contribution in [2.24, 2.45) is 5.73 Å². The lowest BCUT2D eigenvalue weighted by molar-refractivity contribution is -0.134. The molecule has 0 saturated carbocycles. The quantitative estimate of drug-likeness (QED) is 0.868. The Morgan fingerprint density at radius 2 is 2.53 bits per heavy atom. The molecule has 106 valence electrons. The zero-order chi connectivity index (χ0) is 13.7. The molecule has 1 saturated heterocycles. The molecule has 5 heteroatoms. The monoisotopic (exact) mass is 282 g/mol. The van der Waals surface area contributed by atoms with Crippen LogP contribution in [0.25, 0.3) is 0 Å². The molecule has 0 radical (unpaired) electrons. The van der Waals surface area contributed by atoms with Crippen LogP contribution in [0.15, 0.2) is 17.5 Å². The van der Waals surface area contributed by atoms with E-state index in [0.717, 1.165) is 19.4 Å². The molecule has 1 fully saturated rings. The van der Waals surface area contributed by atoms with E-state index in [-0.39, 0.29) is 12.0 Å². The van der Waals surface area contributed by atoms with Crippen molar-refractivity contribution < 1.29 is 9.53 Å². The number of amides is 1. The van der Waals surface area contributed by atoms with E-state index in [0.29, 0.717) is 19.5 Å². The van der Waals surface area contributed by atoms with Gasteiger partial charge in [-0.3, -0.25) is 4.79 Å². The summed E-state index contributed by atoms with van der Waals surface area (Å²) in [5, 5.41) is 2.03. The Kier molecular flexibility index (Phi) is 5.36. The van der Waals surface area contributed by atoms with Crippen LogP contribution < -0.4 is 5.73 Å². The van der Waals surface area contributed by atoms with Crippen LogP contribution in [0, 0.1) is 0 Å². The molecule has 1 aromatic rings. The van der Waals surface area contributed by atoms with Crippen molar-refractivity contribution in [3.05, 3.63) is 22.4 Å². The summed E-state index contributed by atoms with van der Waals surface area (Å²) in [6, 6.07) is 3.66. The van der Waals surface area contributed by atoms with Gasteiger partial charge in [0.05, 0.1) is 18.7 Å². The highest BCUT2D eigenvalue weighted by Gasteiger charge is 2.25. The van der Waals surface area contributed by atoms with Gasteiger partial charge in [0.2, 0.25) is 5.91 Å². The highest BCUT2D eigenvalue weighted by atomic mass is 32.1. The van der Waals surface area contributed by atoms with Crippen LogP contribution in [0.1, 0.15) is 31.1 Å². The number of rotatable bonds is 6. The Balaban J connectivity index is 2.00. The molecule has 2 heterocycles. The molecule has 1 amide bonds. The molecule has 19 heavy (non-hydrogen) atoms. The Morgan fingerprint density at radius 1 is 1.68 bits per heavy atom. The molecule has 2 rings (SSSR count). The zero-order valence-electron chi connectivity index (χ0n) is 11.4. The molecule has 2 atom stereocenters. The molecular weight excluding hydrogens is 260 g/mol. The van der Waals surface area contributed by atoms with E-state index in [1.54, 1.807) is 11.3 Å². The minimum Gasteiger partial charge on any atom is -0.376 e. The minimum atomic E-state index is -0.402. The summed E-state index contributed by atoms with van der Waals surface area (Å²) in [6.45, 7) is 4.05. The van der Waals surface area contributed by atoms with Crippen LogP contribution in [0.3, 0.4) is 0 Å². The average Bonchev–Trinajstić information content (AvgIpc) is 3.09. The van der Waals surface area contributed by atoms with Crippen molar-refractivity contribution in [2.45, 2.75) is 44.9 Å². The Labute approximate surface area is 118 Å². The number of carbonyl (C=O) groups excluding carboxylic acids is 1. The summed E-state index contributed by atoms with van der Waals surface area (Å²) in [5.74, 6) is 0.0337. The van der Waals surface area contributed by atoms with Crippen molar-refractivity contribution in [2.75, 3.05) is 13.2 Å². The molecule has 0 aromatic carbocycles. The van der Waals surface area contributed by atoms with Crippen LogP contribution >= 0.6 is 11.3 Å². The zero-order valence-corrected chi connectivity index (χ0v) is 12.2. The van der Waals surface area contributed by atoms with Crippen LogP contribution in [0.4, 0.5) is 0 Å². The van der Waals surface area contributed by atoms with Gasteiger partial charge in [0.25, 0.3) is 0 Å². The minimum absolute atomic E-state index is 0.0337. The molecule has 2 N–H and O–H groups in total. The van der Waals surface area contributed by atoms with Crippen molar-refractivity contribution in [3.63, 3.8) is 0 Å². The van der Waals surface area contributed by atoms with E-state index in [1.165, 1.54) is 4.88 Å². The average molecular weight is 282 g/mol. The molecule has 1 aromatic heterocycles. The van der Waals surface area contributed by atoms with Gasteiger partial charge in [-0.1, -0.05) is 13.0 Å². The second-order valence-corrected chi connectivity index (χ2v) is 5.98. The fourth-order valence-electron chi connectivity index (χ4n) is 2.27. The van der Waals surface area contributed by atoms with E-state index in [1.807, 2.05) is 23.3 Å². The van der Waals surface area contributed by atoms with Crippen LogP contribution in [0.5, 0.6) is 0 Å². The van der Waals surface area contributed by atoms with Crippen molar-refractivity contribution in [1.29, 1.82) is 0 Å². The molecule has 0 spiro atoms. The first-order chi connectivity index (χ1) is 9.20. The second-order valence-electron chi connectivity index (χ2n) is 4.95. The first-order valence-corrected chi connectivity index (χ1v) is 7.77. The lowest BCUT2D eigenvalue weighted by Gasteiger charge is -2.27. The van der Waals surface area contributed by atoms with Crippen LogP contribution in [-0.4, -0.2) is 36.1 Å². The van der Waals surface area contributed by atoms with Gasteiger partial charge in [0.15, 0.2) is 0 Å². The number of carbonyl (C=O) groups is 1. The lowest BCUT2D eigenvalue weighted by Crippen LogP contribution is -2.45. The molecule has 1 aliphatic rings. The molecule has 4 nitrogen and oxygen atoms in total. The van der Waals surface area contributed by atoms with Gasteiger partial charge in [0, 0.05) is 18.0 Å². The van der Waals surface area contributed by atoms with E-state index >= 15 is 0 Å². The number of ether oxygens (including phenoxy) is 1. The van der Waals surface area contributed by atoms with E-state index < -0.39 is 6.04 Å². The largest absolute Gasteiger partial charge is 0.376 e. The summed E-state index contributed by atoms with van der Waals surface area (Å²) in [5.41, 5.74) is 5.89. The van der Waals surface area contributed by atoms with Gasteiger partial charge < -0.3 is 15.4 Å². The van der Waals surface area contributed by atoms with Crippen molar-refractivity contribution in [1.82, 2.24) is 4.90 Å². The summed E-state index contributed by atoms with van der Waals surface area (Å²) in [6.07, 6.45) is 2.97. The van der Waals surface area contributed by atoms with Crippen molar-refractivity contribution >= 4 is 17.2 Å². The number of nitrogens with zero attached hydrogens (tertiary/aromatic N) is 1. The lowest BCUT2D eigenvalue weighted by atomic mass is 10.1. The van der Waals surface area contributed by atoms with E-state index in [4.69, 9.17) is 10.5 Å². The number of nitrogens with two attached hydrogens (primary N) is 1. The normalized spacial score (nSPS) is 20.4. The maximum absolute atomic E-state index is 12.3. The van der Waals surface area contributed by atoms with Gasteiger partial charge in [-0.25, -0.2) is 0 Å². The highest BCUT2D eigenvalue weighted by Crippen LogP contribution is 2.18. The van der Waals surface area contributed by atoms with Crippen LogP contribution in [0.2, 0.25) is 0 Å². The maximum atomic E-state index is 12.3.